The first-order valence-corrected chi connectivity index (χ1v) is 8.58. The highest BCUT2D eigenvalue weighted by molar-refractivity contribution is 5.88. The molecule has 2 N–H and O–H groups in total. The molecule has 2 aromatic heterocycles. The Labute approximate surface area is 159 Å². The summed E-state index contributed by atoms with van der Waals surface area (Å²) in [7, 11) is 0. The van der Waals surface area contributed by atoms with Gasteiger partial charge < -0.3 is 9.88 Å². The van der Waals surface area contributed by atoms with Crippen molar-refractivity contribution in [1.82, 2.24) is 24.6 Å². The van der Waals surface area contributed by atoms with Crippen LogP contribution in [0.2, 0.25) is 0 Å². The maximum Gasteiger partial charge on any atom is 0.418 e. The van der Waals surface area contributed by atoms with Gasteiger partial charge in [0, 0.05) is 31.5 Å². The highest BCUT2D eigenvalue weighted by Gasteiger charge is 2.34. The zero-order chi connectivity index (χ0) is 20.1. The van der Waals surface area contributed by atoms with Gasteiger partial charge in [-0.05, 0) is 25.5 Å². The van der Waals surface area contributed by atoms with Crippen LogP contribution in [0.1, 0.15) is 17.7 Å². The SMILES string of the molecule is Cc1cc(NC(=O)NCCCn2ccnc2)n(-c2ccccc2C(F)(F)F)n1. The van der Waals surface area contributed by atoms with E-state index in [2.05, 4.69) is 20.7 Å². The highest BCUT2D eigenvalue weighted by atomic mass is 19.4. The Morgan fingerprint density at radius 1 is 1.25 bits per heavy atom. The second-order valence-electron chi connectivity index (χ2n) is 6.13. The third-order valence-electron chi connectivity index (χ3n) is 3.95. The van der Waals surface area contributed by atoms with E-state index in [9.17, 15) is 18.0 Å². The zero-order valence-corrected chi connectivity index (χ0v) is 15.1. The van der Waals surface area contributed by atoms with Gasteiger partial charge >= 0.3 is 12.2 Å². The fourth-order valence-corrected chi connectivity index (χ4v) is 2.71. The number of rotatable bonds is 6. The largest absolute Gasteiger partial charge is 0.418 e. The summed E-state index contributed by atoms with van der Waals surface area (Å²) in [6, 6.07) is 6.08. The number of anilines is 1. The topological polar surface area (TPSA) is 76.8 Å². The van der Waals surface area contributed by atoms with Crippen LogP contribution in [-0.4, -0.2) is 31.9 Å². The molecule has 148 valence electrons. The number of nitrogens with zero attached hydrogens (tertiary/aromatic N) is 4. The maximum atomic E-state index is 13.3. The Morgan fingerprint density at radius 3 is 2.75 bits per heavy atom. The molecular formula is C18H19F3N6O. The van der Waals surface area contributed by atoms with Crippen molar-refractivity contribution in [3.63, 3.8) is 0 Å². The van der Waals surface area contributed by atoms with Gasteiger partial charge in [-0.3, -0.25) is 5.32 Å². The molecule has 0 spiro atoms. The number of carbonyl (C=O) groups excluding carboxylic acids is 1. The van der Waals surface area contributed by atoms with Crippen molar-refractivity contribution in [2.24, 2.45) is 0 Å². The average molecular weight is 392 g/mol. The minimum absolute atomic E-state index is 0.154. The number of nitrogens with one attached hydrogen (secondary N) is 2. The number of hydrogen-bond donors (Lipinski definition) is 2. The molecule has 28 heavy (non-hydrogen) atoms. The van der Waals surface area contributed by atoms with E-state index in [1.165, 1.54) is 24.3 Å². The number of aromatic nitrogens is 4. The fourth-order valence-electron chi connectivity index (χ4n) is 2.71. The first kappa shape index (κ1) is 19.5. The van der Waals surface area contributed by atoms with Gasteiger partial charge in [-0.25, -0.2) is 14.5 Å². The number of hydrogen-bond acceptors (Lipinski definition) is 3. The zero-order valence-electron chi connectivity index (χ0n) is 15.1. The number of imidazole rings is 1. The van der Waals surface area contributed by atoms with Crippen LogP contribution in [0.15, 0.2) is 49.1 Å². The summed E-state index contributed by atoms with van der Waals surface area (Å²) in [5.74, 6) is 0.154. The molecule has 10 heteroatoms. The van der Waals surface area contributed by atoms with Gasteiger partial charge in [0.15, 0.2) is 0 Å². The summed E-state index contributed by atoms with van der Waals surface area (Å²) in [6.07, 6.45) is 1.31. The van der Waals surface area contributed by atoms with Crippen LogP contribution in [0.4, 0.5) is 23.8 Å². The summed E-state index contributed by atoms with van der Waals surface area (Å²) < 4.78 is 42.9. The molecule has 0 aliphatic carbocycles. The van der Waals surface area contributed by atoms with E-state index < -0.39 is 17.8 Å². The highest BCUT2D eigenvalue weighted by Crippen LogP contribution is 2.34. The normalized spacial score (nSPS) is 11.4. The summed E-state index contributed by atoms with van der Waals surface area (Å²) in [5.41, 5.74) is -0.507. The number of alkyl halides is 3. The quantitative estimate of drug-likeness (QED) is 0.629. The smallest absolute Gasteiger partial charge is 0.338 e. The van der Waals surface area contributed by atoms with Crippen molar-refractivity contribution < 1.29 is 18.0 Å². The van der Waals surface area contributed by atoms with E-state index in [0.29, 0.717) is 25.2 Å². The van der Waals surface area contributed by atoms with Gasteiger partial charge in [0.25, 0.3) is 0 Å². The summed E-state index contributed by atoms with van der Waals surface area (Å²) in [5, 5.41) is 9.35. The monoisotopic (exact) mass is 392 g/mol. The molecule has 3 rings (SSSR count). The van der Waals surface area contributed by atoms with Crippen molar-refractivity contribution >= 4 is 11.8 Å². The second kappa shape index (κ2) is 8.15. The number of urea groups is 1. The fraction of sp³-hybridized carbons (Fsp3) is 0.278. The maximum absolute atomic E-state index is 13.3. The first-order chi connectivity index (χ1) is 13.3. The third kappa shape index (κ3) is 4.70. The van der Waals surface area contributed by atoms with Crippen molar-refractivity contribution in [1.29, 1.82) is 0 Å². The Morgan fingerprint density at radius 2 is 2.04 bits per heavy atom. The first-order valence-electron chi connectivity index (χ1n) is 8.58. The minimum atomic E-state index is -4.54. The molecule has 1 aromatic carbocycles. The van der Waals surface area contributed by atoms with E-state index in [0.717, 1.165) is 10.7 Å². The molecule has 0 radical (unpaired) electrons. The van der Waals surface area contributed by atoms with Gasteiger partial charge in [0.2, 0.25) is 0 Å². The third-order valence-corrected chi connectivity index (χ3v) is 3.95. The van der Waals surface area contributed by atoms with Gasteiger partial charge in [-0.1, -0.05) is 12.1 Å². The Kier molecular flexibility index (Phi) is 5.67. The van der Waals surface area contributed by atoms with E-state index in [-0.39, 0.29) is 11.5 Å². The van der Waals surface area contributed by atoms with Crippen molar-refractivity contribution in [2.45, 2.75) is 26.1 Å². The van der Waals surface area contributed by atoms with Crippen LogP contribution in [0, 0.1) is 6.92 Å². The number of benzene rings is 1. The van der Waals surface area contributed by atoms with Crippen molar-refractivity contribution in [3.8, 4) is 5.69 Å². The molecule has 0 atom stereocenters. The van der Waals surface area contributed by atoms with Crippen molar-refractivity contribution in [3.05, 3.63) is 60.3 Å². The molecule has 3 aromatic rings. The van der Waals surface area contributed by atoms with Crippen LogP contribution in [0.25, 0.3) is 5.69 Å². The minimum Gasteiger partial charge on any atom is -0.338 e. The molecule has 7 nitrogen and oxygen atoms in total. The number of aryl methyl sites for hydroxylation is 2. The van der Waals surface area contributed by atoms with Crippen LogP contribution in [0.5, 0.6) is 0 Å². The lowest BCUT2D eigenvalue weighted by Crippen LogP contribution is -2.31. The van der Waals surface area contributed by atoms with Gasteiger partial charge in [0.1, 0.15) is 5.82 Å². The Balaban J connectivity index is 1.68. The molecule has 0 bridgehead atoms. The van der Waals surface area contributed by atoms with Crippen LogP contribution < -0.4 is 10.6 Å². The number of carbonyl (C=O) groups is 1. The van der Waals surface area contributed by atoms with E-state index in [1.54, 1.807) is 19.4 Å². The summed E-state index contributed by atoms with van der Waals surface area (Å²) in [6.45, 7) is 2.73. The second-order valence-corrected chi connectivity index (χ2v) is 6.13. The molecule has 0 aliphatic rings. The lowest BCUT2D eigenvalue weighted by molar-refractivity contribution is -0.137. The Hall–Kier alpha value is -3.30. The van der Waals surface area contributed by atoms with E-state index in [4.69, 9.17) is 0 Å². The molecule has 0 aliphatic heterocycles. The van der Waals surface area contributed by atoms with Crippen LogP contribution in [0.3, 0.4) is 0 Å². The van der Waals surface area contributed by atoms with Gasteiger partial charge in [0.05, 0.1) is 23.3 Å². The number of amides is 2. The van der Waals surface area contributed by atoms with Gasteiger partial charge in [-0.15, -0.1) is 0 Å². The lowest BCUT2D eigenvalue weighted by atomic mass is 10.1. The summed E-state index contributed by atoms with van der Waals surface area (Å²) >= 11 is 0. The predicted molar refractivity (Wildman–Crippen MR) is 97.2 cm³/mol. The molecular weight excluding hydrogens is 373 g/mol. The predicted octanol–water partition coefficient (Wildman–Crippen LogP) is 3.61. The standard InChI is InChI=1S/C18H19F3N6O/c1-13-11-16(24-17(28)23-7-4-9-26-10-8-22-12-26)27(25-13)15-6-3-2-5-14(15)18(19,20)21/h2-3,5-6,8,10-12H,4,7,9H2,1H3,(H2,23,24,28). The van der Waals surface area contributed by atoms with E-state index in [1.807, 2.05) is 10.8 Å². The molecule has 2 amide bonds. The molecule has 0 saturated heterocycles. The lowest BCUT2D eigenvalue weighted by Gasteiger charge is -2.15. The molecule has 0 unspecified atom stereocenters. The summed E-state index contributed by atoms with van der Waals surface area (Å²) in [4.78, 5) is 16.1. The number of para-hydroxylation sites is 1. The molecule has 2 heterocycles. The van der Waals surface area contributed by atoms with Crippen LogP contribution >= 0.6 is 0 Å². The molecule has 0 fully saturated rings. The van der Waals surface area contributed by atoms with E-state index >= 15 is 0 Å². The number of halogens is 3. The van der Waals surface area contributed by atoms with Crippen molar-refractivity contribution in [2.75, 3.05) is 11.9 Å². The molecule has 0 saturated carbocycles. The average Bonchev–Trinajstić information content (AvgIpc) is 3.27. The van der Waals surface area contributed by atoms with Crippen LogP contribution in [-0.2, 0) is 12.7 Å². The van der Waals surface area contributed by atoms with Gasteiger partial charge in [-0.2, -0.15) is 18.3 Å². The Bertz CT molecular complexity index is 933.